The summed E-state index contributed by atoms with van der Waals surface area (Å²) in [5.74, 6) is -0.0199. The van der Waals surface area contributed by atoms with E-state index in [1.165, 1.54) is 0 Å². The van der Waals surface area contributed by atoms with Crippen LogP contribution in [0.4, 0.5) is 5.69 Å². The van der Waals surface area contributed by atoms with Gasteiger partial charge in [0, 0.05) is 34.7 Å². The predicted molar refractivity (Wildman–Crippen MR) is 88.1 cm³/mol. The molecule has 0 radical (unpaired) electrons. The number of carbonyl (C=O) groups is 1. The fourth-order valence-corrected chi connectivity index (χ4v) is 2.20. The van der Waals surface area contributed by atoms with Crippen molar-refractivity contribution in [3.63, 3.8) is 0 Å². The van der Waals surface area contributed by atoms with Gasteiger partial charge in [-0.1, -0.05) is 11.6 Å². The molecule has 6 heteroatoms. The van der Waals surface area contributed by atoms with Crippen molar-refractivity contribution in [2.45, 2.75) is 38.8 Å². The van der Waals surface area contributed by atoms with Gasteiger partial charge in [-0.25, -0.2) is 0 Å². The van der Waals surface area contributed by atoms with Crippen molar-refractivity contribution in [2.24, 2.45) is 5.73 Å². The van der Waals surface area contributed by atoms with Gasteiger partial charge in [0.2, 0.25) is 5.91 Å². The SMILES string of the molecule is CC(C)(C)NC(=O)CC(CN)Nc1ccc(Cl)c(Br)c1. The van der Waals surface area contributed by atoms with E-state index in [-0.39, 0.29) is 17.5 Å². The lowest BCUT2D eigenvalue weighted by molar-refractivity contribution is -0.122. The first kappa shape index (κ1) is 17.3. The summed E-state index contributed by atoms with van der Waals surface area (Å²) >= 11 is 9.31. The van der Waals surface area contributed by atoms with Crippen molar-refractivity contribution in [2.75, 3.05) is 11.9 Å². The zero-order valence-electron chi connectivity index (χ0n) is 12.0. The maximum Gasteiger partial charge on any atom is 0.222 e. The largest absolute Gasteiger partial charge is 0.380 e. The molecular formula is C14H21BrClN3O. The number of anilines is 1. The quantitative estimate of drug-likeness (QED) is 0.754. The summed E-state index contributed by atoms with van der Waals surface area (Å²) in [5.41, 5.74) is 6.36. The van der Waals surface area contributed by atoms with E-state index < -0.39 is 0 Å². The molecule has 0 spiro atoms. The molecule has 0 fully saturated rings. The molecule has 1 unspecified atom stereocenters. The Balaban J connectivity index is 2.63. The van der Waals surface area contributed by atoms with Crippen molar-refractivity contribution in [1.82, 2.24) is 5.32 Å². The zero-order valence-corrected chi connectivity index (χ0v) is 14.3. The lowest BCUT2D eigenvalue weighted by atomic mass is 10.1. The summed E-state index contributed by atoms with van der Waals surface area (Å²) in [6.07, 6.45) is 0.327. The van der Waals surface area contributed by atoms with Gasteiger partial charge in [0.1, 0.15) is 0 Å². The Bertz CT molecular complexity index is 474. The molecule has 1 atom stereocenters. The standard InChI is InChI=1S/C14H21BrClN3O/c1-14(2,3)19-13(20)7-10(8-17)18-9-4-5-12(16)11(15)6-9/h4-6,10,18H,7-8,17H2,1-3H3,(H,19,20). The molecule has 0 aliphatic carbocycles. The predicted octanol–water partition coefficient (Wildman–Crippen LogP) is 3.15. The van der Waals surface area contributed by atoms with Crippen LogP contribution < -0.4 is 16.4 Å². The highest BCUT2D eigenvalue weighted by Gasteiger charge is 2.17. The minimum atomic E-state index is -0.237. The Kier molecular flexibility index (Phi) is 6.30. The van der Waals surface area contributed by atoms with Gasteiger partial charge in [-0.3, -0.25) is 4.79 Å². The van der Waals surface area contributed by atoms with Crippen molar-refractivity contribution < 1.29 is 4.79 Å². The fourth-order valence-electron chi connectivity index (χ4n) is 1.71. The van der Waals surface area contributed by atoms with E-state index in [1.54, 1.807) is 6.07 Å². The van der Waals surface area contributed by atoms with Crippen LogP contribution in [0.15, 0.2) is 22.7 Å². The summed E-state index contributed by atoms with van der Waals surface area (Å²) in [6.45, 7) is 6.22. The maximum atomic E-state index is 11.9. The number of halogens is 2. The molecule has 0 aliphatic rings. The normalized spacial score (nSPS) is 12.9. The third-order valence-electron chi connectivity index (χ3n) is 2.52. The number of hydrogen-bond donors (Lipinski definition) is 3. The molecule has 4 N–H and O–H groups in total. The molecule has 20 heavy (non-hydrogen) atoms. The summed E-state index contributed by atoms with van der Waals surface area (Å²) in [5, 5.41) is 6.81. The first-order valence-corrected chi connectivity index (χ1v) is 7.61. The van der Waals surface area contributed by atoms with E-state index in [0.717, 1.165) is 10.2 Å². The minimum absolute atomic E-state index is 0.0199. The highest BCUT2D eigenvalue weighted by atomic mass is 79.9. The van der Waals surface area contributed by atoms with Gasteiger partial charge in [0.25, 0.3) is 0 Å². The van der Waals surface area contributed by atoms with Crippen LogP contribution in [0, 0.1) is 0 Å². The number of amides is 1. The molecule has 1 aromatic carbocycles. The number of rotatable bonds is 5. The average molecular weight is 363 g/mol. The molecule has 1 aromatic rings. The zero-order chi connectivity index (χ0) is 15.3. The third-order valence-corrected chi connectivity index (χ3v) is 3.74. The molecule has 4 nitrogen and oxygen atoms in total. The summed E-state index contributed by atoms with van der Waals surface area (Å²) < 4.78 is 0.805. The second kappa shape index (κ2) is 7.29. The van der Waals surface area contributed by atoms with Crippen LogP contribution in [0.3, 0.4) is 0 Å². The van der Waals surface area contributed by atoms with Crippen molar-refractivity contribution in [3.05, 3.63) is 27.7 Å². The maximum absolute atomic E-state index is 11.9. The van der Waals surface area contributed by atoms with E-state index in [1.807, 2.05) is 32.9 Å². The lowest BCUT2D eigenvalue weighted by Gasteiger charge is -2.23. The fraction of sp³-hybridized carbons (Fsp3) is 0.500. The van der Waals surface area contributed by atoms with Crippen LogP contribution >= 0.6 is 27.5 Å². The second-order valence-corrected chi connectivity index (χ2v) is 6.97. The van der Waals surface area contributed by atoms with E-state index in [9.17, 15) is 4.79 Å². The summed E-state index contributed by atoms with van der Waals surface area (Å²) in [4.78, 5) is 11.9. The van der Waals surface area contributed by atoms with Crippen molar-refractivity contribution >= 4 is 39.1 Å². The van der Waals surface area contributed by atoms with E-state index >= 15 is 0 Å². The van der Waals surface area contributed by atoms with Gasteiger partial charge in [0.05, 0.1) is 5.02 Å². The third kappa shape index (κ3) is 6.11. The second-order valence-electron chi connectivity index (χ2n) is 5.71. The molecule has 0 aromatic heterocycles. The highest BCUT2D eigenvalue weighted by molar-refractivity contribution is 9.10. The Morgan fingerprint density at radius 2 is 2.10 bits per heavy atom. The van der Waals surface area contributed by atoms with E-state index in [2.05, 4.69) is 26.6 Å². The first-order valence-electron chi connectivity index (χ1n) is 6.44. The number of carbonyl (C=O) groups excluding carboxylic acids is 1. The number of nitrogens with two attached hydrogens (primary N) is 1. The van der Waals surface area contributed by atoms with Crippen LogP contribution in [-0.2, 0) is 4.79 Å². The van der Waals surface area contributed by atoms with Gasteiger partial charge in [-0.05, 0) is 54.9 Å². The van der Waals surface area contributed by atoms with E-state index in [0.29, 0.717) is 18.0 Å². The van der Waals surface area contributed by atoms with Crippen LogP contribution in [0.5, 0.6) is 0 Å². The molecule has 0 heterocycles. The van der Waals surface area contributed by atoms with Crippen LogP contribution in [-0.4, -0.2) is 24.0 Å². The number of hydrogen-bond acceptors (Lipinski definition) is 3. The van der Waals surface area contributed by atoms with E-state index in [4.69, 9.17) is 17.3 Å². The number of benzene rings is 1. The monoisotopic (exact) mass is 361 g/mol. The minimum Gasteiger partial charge on any atom is -0.380 e. The van der Waals surface area contributed by atoms with Crippen LogP contribution in [0.25, 0.3) is 0 Å². The molecule has 0 aliphatic heterocycles. The molecule has 0 saturated carbocycles. The van der Waals surface area contributed by atoms with Crippen molar-refractivity contribution in [3.8, 4) is 0 Å². The molecule has 1 amide bonds. The van der Waals surface area contributed by atoms with Crippen LogP contribution in [0.1, 0.15) is 27.2 Å². The Morgan fingerprint density at radius 3 is 2.60 bits per heavy atom. The summed E-state index contributed by atoms with van der Waals surface area (Å²) in [6, 6.07) is 5.39. The van der Waals surface area contributed by atoms with Gasteiger partial charge in [0.15, 0.2) is 0 Å². The van der Waals surface area contributed by atoms with Crippen molar-refractivity contribution in [1.29, 1.82) is 0 Å². The van der Waals surface area contributed by atoms with Gasteiger partial charge in [-0.15, -0.1) is 0 Å². The van der Waals surface area contributed by atoms with Crippen LogP contribution in [0.2, 0.25) is 5.02 Å². The smallest absolute Gasteiger partial charge is 0.222 e. The lowest BCUT2D eigenvalue weighted by Crippen LogP contribution is -2.44. The highest BCUT2D eigenvalue weighted by Crippen LogP contribution is 2.26. The molecule has 0 bridgehead atoms. The molecule has 1 rings (SSSR count). The Hall–Kier alpha value is -0.780. The van der Waals surface area contributed by atoms with Gasteiger partial charge >= 0.3 is 0 Å². The Labute approximate surface area is 133 Å². The molecule has 112 valence electrons. The summed E-state index contributed by atoms with van der Waals surface area (Å²) in [7, 11) is 0. The average Bonchev–Trinajstić information content (AvgIpc) is 2.30. The Morgan fingerprint density at radius 1 is 1.45 bits per heavy atom. The molecular weight excluding hydrogens is 342 g/mol. The molecule has 0 saturated heterocycles. The van der Waals surface area contributed by atoms with Gasteiger partial charge < -0.3 is 16.4 Å². The number of nitrogens with one attached hydrogen (secondary N) is 2. The first-order chi connectivity index (χ1) is 9.21. The van der Waals surface area contributed by atoms with Gasteiger partial charge in [-0.2, -0.15) is 0 Å². The topological polar surface area (TPSA) is 67.2 Å².